The maximum atomic E-state index is 13.7. The topological polar surface area (TPSA) is 185 Å². The SMILES string of the molecule is CC(C)(C)C1CCN(C(=O)CNC(=O)NC2(CCS(=O)(=O)c3ccccc3)CCCCC2)C1C(=O)NC(CC1CC1)C(=O)C(N)=O. The molecule has 1 aromatic carbocycles. The molecule has 1 saturated heterocycles. The molecule has 1 aliphatic heterocycles. The van der Waals surface area contributed by atoms with Crippen LogP contribution in [0.15, 0.2) is 35.2 Å². The molecule has 3 fully saturated rings. The average Bonchev–Trinajstić information content (AvgIpc) is 3.71. The summed E-state index contributed by atoms with van der Waals surface area (Å²) < 4.78 is 26.0. The predicted octanol–water partition coefficient (Wildman–Crippen LogP) is 2.46. The second-order valence-corrected chi connectivity index (χ2v) is 16.4. The molecule has 12 nitrogen and oxygen atoms in total. The highest BCUT2D eigenvalue weighted by molar-refractivity contribution is 7.91. The number of nitrogens with one attached hydrogen (secondary N) is 3. The lowest BCUT2D eigenvalue weighted by molar-refractivity contribution is -0.142. The minimum Gasteiger partial charge on any atom is -0.363 e. The van der Waals surface area contributed by atoms with Crippen molar-refractivity contribution in [2.24, 2.45) is 23.0 Å². The van der Waals surface area contributed by atoms with Crippen LogP contribution in [0.25, 0.3) is 0 Å². The van der Waals surface area contributed by atoms with E-state index >= 15 is 0 Å². The largest absolute Gasteiger partial charge is 0.363 e. The fourth-order valence-electron chi connectivity index (χ4n) is 6.93. The minimum absolute atomic E-state index is 0.116. The zero-order chi connectivity index (χ0) is 33.7. The number of carbonyl (C=O) groups excluding carboxylic acids is 5. The Morgan fingerprint density at radius 1 is 1.00 bits per heavy atom. The molecule has 2 aliphatic carbocycles. The fraction of sp³-hybridized carbons (Fsp3) is 0.667. The summed E-state index contributed by atoms with van der Waals surface area (Å²) in [4.78, 5) is 66.3. The lowest BCUT2D eigenvalue weighted by Gasteiger charge is -2.38. The first kappa shape index (κ1) is 35.4. The third-order valence-corrected chi connectivity index (χ3v) is 11.5. The van der Waals surface area contributed by atoms with Crippen molar-refractivity contribution in [1.82, 2.24) is 20.9 Å². The highest BCUT2D eigenvalue weighted by Crippen LogP contribution is 2.39. The lowest BCUT2D eigenvalue weighted by atomic mass is 9.76. The van der Waals surface area contributed by atoms with Crippen LogP contribution in [-0.2, 0) is 29.0 Å². The number of hydrogen-bond acceptors (Lipinski definition) is 7. The van der Waals surface area contributed by atoms with Crippen LogP contribution < -0.4 is 21.7 Å². The Labute approximate surface area is 271 Å². The molecule has 0 aromatic heterocycles. The van der Waals surface area contributed by atoms with Gasteiger partial charge in [0, 0.05) is 12.1 Å². The standard InChI is InChI=1S/C33H49N5O7S/c1-32(2,3)24-14-18-38(27(24)30(42)36-25(20-22-12-13-22)28(40)29(34)41)26(39)21-35-31(43)37-33(15-8-5-9-16-33)17-19-46(44,45)23-10-6-4-7-11-23/h4,6-7,10-11,22,24-25,27H,5,8-9,12-21H2,1-3H3,(H2,34,41)(H,36,42)(H2,35,37,43). The Hall–Kier alpha value is -3.48. The number of primary amides is 1. The van der Waals surface area contributed by atoms with Gasteiger partial charge in [0.15, 0.2) is 9.84 Å². The number of benzene rings is 1. The van der Waals surface area contributed by atoms with Crippen molar-refractivity contribution < 1.29 is 32.4 Å². The van der Waals surface area contributed by atoms with E-state index in [4.69, 9.17) is 5.73 Å². The van der Waals surface area contributed by atoms with Crippen molar-refractivity contribution in [1.29, 1.82) is 0 Å². The minimum atomic E-state index is -3.54. The average molecular weight is 660 g/mol. The Bertz CT molecular complexity index is 1400. The van der Waals surface area contributed by atoms with E-state index in [-0.39, 0.29) is 40.9 Å². The number of rotatable bonds is 13. The number of urea groups is 1. The maximum absolute atomic E-state index is 13.7. The van der Waals surface area contributed by atoms with Crippen LogP contribution in [0, 0.1) is 17.3 Å². The first-order chi connectivity index (χ1) is 21.6. The number of sulfone groups is 1. The van der Waals surface area contributed by atoms with E-state index in [1.54, 1.807) is 30.3 Å². The molecule has 5 amide bonds. The van der Waals surface area contributed by atoms with Gasteiger partial charge in [0.05, 0.1) is 23.2 Å². The quantitative estimate of drug-likeness (QED) is 0.234. The van der Waals surface area contributed by atoms with Crippen LogP contribution in [0.2, 0.25) is 0 Å². The van der Waals surface area contributed by atoms with E-state index in [1.165, 1.54) is 4.90 Å². The number of Topliss-reactive ketones (excluding diaryl/α,β-unsaturated/α-hetero) is 1. The summed E-state index contributed by atoms with van der Waals surface area (Å²) in [5.74, 6) is -3.04. The monoisotopic (exact) mass is 659 g/mol. The van der Waals surface area contributed by atoms with E-state index in [0.717, 1.165) is 32.1 Å². The Morgan fingerprint density at radius 2 is 1.65 bits per heavy atom. The Kier molecular flexibility index (Phi) is 11.2. The van der Waals surface area contributed by atoms with Gasteiger partial charge in [-0.2, -0.15) is 0 Å². The third kappa shape index (κ3) is 9.07. The molecular formula is C33H49N5O7S. The number of hydrogen-bond donors (Lipinski definition) is 4. The summed E-state index contributed by atoms with van der Waals surface area (Å²) >= 11 is 0. The van der Waals surface area contributed by atoms with Crippen LogP contribution in [-0.4, -0.2) is 79.3 Å². The summed E-state index contributed by atoms with van der Waals surface area (Å²) in [6.45, 7) is 5.87. The van der Waals surface area contributed by atoms with Crippen molar-refractivity contribution in [2.45, 2.75) is 107 Å². The van der Waals surface area contributed by atoms with E-state index in [0.29, 0.717) is 32.2 Å². The normalized spacial score (nSPS) is 22.0. The van der Waals surface area contributed by atoms with Gasteiger partial charge in [-0.3, -0.25) is 19.2 Å². The van der Waals surface area contributed by atoms with Crippen molar-refractivity contribution in [3.63, 3.8) is 0 Å². The number of amides is 5. The molecule has 13 heteroatoms. The number of nitrogens with zero attached hydrogens (tertiary/aromatic N) is 1. The van der Waals surface area contributed by atoms with Gasteiger partial charge in [0.2, 0.25) is 17.6 Å². The van der Waals surface area contributed by atoms with Crippen molar-refractivity contribution in [3.05, 3.63) is 30.3 Å². The molecule has 46 heavy (non-hydrogen) atoms. The highest BCUT2D eigenvalue weighted by Gasteiger charge is 2.48. The van der Waals surface area contributed by atoms with Gasteiger partial charge in [-0.25, -0.2) is 13.2 Å². The van der Waals surface area contributed by atoms with Crippen molar-refractivity contribution >= 4 is 39.4 Å². The van der Waals surface area contributed by atoms with Gasteiger partial charge in [-0.1, -0.05) is 71.1 Å². The molecule has 2 saturated carbocycles. The fourth-order valence-corrected chi connectivity index (χ4v) is 8.40. The summed E-state index contributed by atoms with van der Waals surface area (Å²) in [7, 11) is -3.54. The van der Waals surface area contributed by atoms with Gasteiger partial charge in [-0.05, 0) is 61.5 Å². The molecule has 254 valence electrons. The second kappa shape index (κ2) is 14.5. The third-order valence-electron chi connectivity index (χ3n) is 9.78. The van der Waals surface area contributed by atoms with E-state index in [1.807, 2.05) is 20.8 Å². The van der Waals surface area contributed by atoms with Gasteiger partial charge in [0.1, 0.15) is 6.04 Å². The van der Waals surface area contributed by atoms with Crippen LogP contribution >= 0.6 is 0 Å². The molecule has 0 bridgehead atoms. The molecular weight excluding hydrogens is 610 g/mol. The first-order valence-corrected chi connectivity index (χ1v) is 18.0. The number of carbonyl (C=O) groups is 5. The molecule has 0 radical (unpaired) electrons. The molecule has 5 N–H and O–H groups in total. The van der Waals surface area contributed by atoms with Gasteiger partial charge in [0.25, 0.3) is 5.91 Å². The summed E-state index contributed by atoms with van der Waals surface area (Å²) in [5, 5.41) is 8.37. The van der Waals surface area contributed by atoms with E-state index in [9.17, 15) is 32.4 Å². The zero-order valence-electron chi connectivity index (χ0n) is 27.2. The molecule has 3 aliphatic rings. The number of likely N-dealkylation sites (tertiary alicyclic amines) is 1. The maximum Gasteiger partial charge on any atom is 0.315 e. The first-order valence-electron chi connectivity index (χ1n) is 16.4. The van der Waals surface area contributed by atoms with Crippen LogP contribution in [0.3, 0.4) is 0 Å². The van der Waals surface area contributed by atoms with Crippen molar-refractivity contribution in [3.8, 4) is 0 Å². The predicted molar refractivity (Wildman–Crippen MR) is 172 cm³/mol. The molecule has 3 atom stereocenters. The smallest absolute Gasteiger partial charge is 0.315 e. The molecule has 4 rings (SSSR count). The molecule has 3 unspecified atom stereocenters. The van der Waals surface area contributed by atoms with E-state index in [2.05, 4.69) is 16.0 Å². The number of nitrogens with two attached hydrogens (primary N) is 1. The zero-order valence-corrected chi connectivity index (χ0v) is 28.0. The highest BCUT2D eigenvalue weighted by atomic mass is 32.2. The summed E-state index contributed by atoms with van der Waals surface area (Å²) in [6, 6.07) is 5.72. The number of ketones is 1. The van der Waals surface area contributed by atoms with Gasteiger partial charge in [-0.15, -0.1) is 0 Å². The van der Waals surface area contributed by atoms with Crippen molar-refractivity contribution in [2.75, 3.05) is 18.8 Å². The van der Waals surface area contributed by atoms with Crippen LogP contribution in [0.5, 0.6) is 0 Å². The molecule has 0 spiro atoms. The van der Waals surface area contributed by atoms with Gasteiger partial charge >= 0.3 is 6.03 Å². The Balaban J connectivity index is 1.41. The molecule has 1 heterocycles. The van der Waals surface area contributed by atoms with Gasteiger partial charge < -0.3 is 26.6 Å². The molecule has 1 aromatic rings. The van der Waals surface area contributed by atoms with E-state index < -0.39 is 57.0 Å². The summed E-state index contributed by atoms with van der Waals surface area (Å²) in [5.41, 5.74) is 4.19. The summed E-state index contributed by atoms with van der Waals surface area (Å²) in [6.07, 6.45) is 6.91. The Morgan fingerprint density at radius 3 is 2.24 bits per heavy atom. The second-order valence-electron chi connectivity index (χ2n) is 14.3. The lowest BCUT2D eigenvalue weighted by Crippen LogP contribution is -2.58. The van der Waals surface area contributed by atoms with Crippen LogP contribution in [0.1, 0.15) is 85.0 Å². The van der Waals surface area contributed by atoms with Crippen LogP contribution in [0.4, 0.5) is 4.79 Å².